The van der Waals surface area contributed by atoms with E-state index in [0.717, 1.165) is 18.7 Å². The highest BCUT2D eigenvalue weighted by Crippen LogP contribution is 2.43. The highest BCUT2D eigenvalue weighted by atomic mass is 15.6. The molecular weight excluding hydrogens is 202 g/mol. The molecule has 0 bridgehead atoms. The van der Waals surface area contributed by atoms with Gasteiger partial charge in [0.15, 0.2) is 5.82 Å². The van der Waals surface area contributed by atoms with Crippen molar-refractivity contribution < 1.29 is 0 Å². The Labute approximate surface area is 96.4 Å². The zero-order valence-electron chi connectivity index (χ0n) is 10.4. The van der Waals surface area contributed by atoms with Crippen molar-refractivity contribution in [1.82, 2.24) is 20.2 Å². The van der Waals surface area contributed by atoms with Gasteiger partial charge in [-0.2, -0.15) is 4.80 Å². The molecule has 90 valence electrons. The lowest BCUT2D eigenvalue weighted by Crippen LogP contribution is -2.56. The molecule has 1 saturated carbocycles. The first-order valence-corrected chi connectivity index (χ1v) is 5.95. The number of rotatable bonds is 2. The zero-order chi connectivity index (χ0) is 11.8. The summed E-state index contributed by atoms with van der Waals surface area (Å²) >= 11 is 0. The maximum atomic E-state index is 6.56. The van der Waals surface area contributed by atoms with Crippen LogP contribution in [0.15, 0.2) is 0 Å². The number of hydrogen-bond donors (Lipinski definition) is 1. The van der Waals surface area contributed by atoms with E-state index in [0.29, 0.717) is 0 Å². The first-order valence-electron chi connectivity index (χ1n) is 5.95. The molecule has 5 nitrogen and oxygen atoms in total. The van der Waals surface area contributed by atoms with Gasteiger partial charge in [0.1, 0.15) is 0 Å². The van der Waals surface area contributed by atoms with Crippen molar-refractivity contribution >= 4 is 0 Å². The standard InChI is InChI=1S/C11H21N5/c1-10(2)6-4-5-7-11(10,12)8-9-13-15-16(3)14-9/h4-8,12H2,1-3H3. The minimum Gasteiger partial charge on any atom is -0.324 e. The quantitative estimate of drug-likeness (QED) is 0.813. The van der Waals surface area contributed by atoms with Crippen LogP contribution in [0.2, 0.25) is 0 Å². The van der Waals surface area contributed by atoms with E-state index in [1.807, 2.05) is 0 Å². The summed E-state index contributed by atoms with van der Waals surface area (Å²) in [6, 6.07) is 0. The fourth-order valence-corrected chi connectivity index (χ4v) is 2.60. The van der Waals surface area contributed by atoms with Gasteiger partial charge in [0.25, 0.3) is 0 Å². The van der Waals surface area contributed by atoms with Crippen LogP contribution in [0.3, 0.4) is 0 Å². The van der Waals surface area contributed by atoms with Crippen molar-refractivity contribution in [3.63, 3.8) is 0 Å². The Bertz CT molecular complexity index is 370. The molecule has 1 fully saturated rings. The molecule has 1 atom stereocenters. The molecule has 1 aromatic heterocycles. The minimum absolute atomic E-state index is 0.157. The summed E-state index contributed by atoms with van der Waals surface area (Å²) in [6.45, 7) is 4.51. The van der Waals surface area contributed by atoms with Gasteiger partial charge in [-0.3, -0.25) is 0 Å². The monoisotopic (exact) mass is 223 g/mol. The van der Waals surface area contributed by atoms with Crippen molar-refractivity contribution in [3.05, 3.63) is 5.82 Å². The molecule has 0 amide bonds. The topological polar surface area (TPSA) is 69.6 Å². The number of hydrogen-bond acceptors (Lipinski definition) is 4. The van der Waals surface area contributed by atoms with Crippen molar-refractivity contribution in [3.8, 4) is 0 Å². The Balaban J connectivity index is 2.17. The molecule has 0 aromatic carbocycles. The van der Waals surface area contributed by atoms with Crippen LogP contribution in [-0.2, 0) is 13.5 Å². The molecule has 1 aromatic rings. The van der Waals surface area contributed by atoms with Crippen molar-refractivity contribution in [2.24, 2.45) is 18.2 Å². The van der Waals surface area contributed by atoms with Gasteiger partial charge in [-0.25, -0.2) is 0 Å². The number of aryl methyl sites for hydroxylation is 1. The van der Waals surface area contributed by atoms with Gasteiger partial charge in [-0.15, -0.1) is 10.2 Å². The molecule has 0 radical (unpaired) electrons. The van der Waals surface area contributed by atoms with E-state index in [2.05, 4.69) is 29.3 Å². The van der Waals surface area contributed by atoms with E-state index in [9.17, 15) is 0 Å². The predicted octanol–water partition coefficient (Wildman–Crippen LogP) is 1.05. The first-order chi connectivity index (χ1) is 7.43. The number of nitrogens with zero attached hydrogens (tertiary/aromatic N) is 4. The van der Waals surface area contributed by atoms with Crippen molar-refractivity contribution in [2.45, 2.75) is 51.5 Å². The molecule has 5 heteroatoms. The smallest absolute Gasteiger partial charge is 0.176 e. The Hall–Kier alpha value is -0.970. The van der Waals surface area contributed by atoms with E-state index >= 15 is 0 Å². The lowest BCUT2D eigenvalue weighted by molar-refractivity contribution is 0.0970. The molecule has 1 unspecified atom stereocenters. The summed E-state index contributed by atoms with van der Waals surface area (Å²) < 4.78 is 0. The maximum absolute atomic E-state index is 6.56. The van der Waals surface area contributed by atoms with Gasteiger partial charge in [0, 0.05) is 12.0 Å². The van der Waals surface area contributed by atoms with E-state index in [-0.39, 0.29) is 11.0 Å². The lowest BCUT2D eigenvalue weighted by Gasteiger charge is -2.47. The highest BCUT2D eigenvalue weighted by molar-refractivity contribution is 5.05. The summed E-state index contributed by atoms with van der Waals surface area (Å²) in [4.78, 5) is 1.49. The molecule has 1 aliphatic carbocycles. The van der Waals surface area contributed by atoms with Gasteiger partial charge in [-0.1, -0.05) is 26.7 Å². The summed E-state index contributed by atoms with van der Waals surface area (Å²) in [6.07, 6.45) is 5.45. The Morgan fingerprint density at radius 2 is 2.00 bits per heavy atom. The first kappa shape index (κ1) is 11.5. The van der Waals surface area contributed by atoms with E-state index in [1.165, 1.54) is 24.1 Å². The number of aromatic nitrogens is 4. The number of tetrazole rings is 1. The second-order valence-corrected chi connectivity index (χ2v) is 5.62. The van der Waals surface area contributed by atoms with Crippen LogP contribution >= 0.6 is 0 Å². The molecular formula is C11H21N5. The molecule has 0 saturated heterocycles. The molecule has 0 spiro atoms. The largest absolute Gasteiger partial charge is 0.324 e. The Morgan fingerprint density at radius 3 is 2.56 bits per heavy atom. The normalized spacial score (nSPS) is 29.2. The van der Waals surface area contributed by atoms with Gasteiger partial charge in [-0.05, 0) is 23.5 Å². The Morgan fingerprint density at radius 1 is 1.31 bits per heavy atom. The van der Waals surface area contributed by atoms with E-state index in [1.54, 1.807) is 7.05 Å². The van der Waals surface area contributed by atoms with E-state index in [4.69, 9.17) is 5.73 Å². The fraction of sp³-hybridized carbons (Fsp3) is 0.909. The Kier molecular flexibility index (Phi) is 2.74. The fourth-order valence-electron chi connectivity index (χ4n) is 2.60. The van der Waals surface area contributed by atoms with Gasteiger partial charge in [0.05, 0.1) is 7.05 Å². The van der Waals surface area contributed by atoms with Gasteiger partial charge >= 0.3 is 0 Å². The van der Waals surface area contributed by atoms with Crippen LogP contribution in [0.25, 0.3) is 0 Å². The van der Waals surface area contributed by atoms with Crippen LogP contribution in [0, 0.1) is 5.41 Å². The third-order valence-electron chi connectivity index (χ3n) is 4.05. The summed E-state index contributed by atoms with van der Waals surface area (Å²) in [5.74, 6) is 0.764. The highest BCUT2D eigenvalue weighted by Gasteiger charge is 2.44. The van der Waals surface area contributed by atoms with Crippen LogP contribution in [0.4, 0.5) is 0 Å². The molecule has 0 aliphatic heterocycles. The second kappa shape index (κ2) is 3.80. The maximum Gasteiger partial charge on any atom is 0.176 e. The SMILES string of the molecule is Cn1nnc(CC2(N)CCCCC2(C)C)n1. The molecule has 1 heterocycles. The molecule has 16 heavy (non-hydrogen) atoms. The minimum atomic E-state index is -0.186. The summed E-state index contributed by atoms with van der Waals surface area (Å²) in [7, 11) is 1.78. The third kappa shape index (κ3) is 1.96. The van der Waals surface area contributed by atoms with Crippen molar-refractivity contribution in [2.75, 3.05) is 0 Å². The van der Waals surface area contributed by atoms with Crippen LogP contribution in [0.5, 0.6) is 0 Å². The molecule has 2 N–H and O–H groups in total. The third-order valence-corrected chi connectivity index (χ3v) is 4.05. The average Bonchev–Trinajstić information content (AvgIpc) is 2.57. The molecule has 1 aliphatic rings. The van der Waals surface area contributed by atoms with Gasteiger partial charge < -0.3 is 5.73 Å². The summed E-state index contributed by atoms with van der Waals surface area (Å²) in [5.41, 5.74) is 6.53. The average molecular weight is 223 g/mol. The van der Waals surface area contributed by atoms with Crippen LogP contribution in [-0.4, -0.2) is 25.7 Å². The lowest BCUT2D eigenvalue weighted by atomic mass is 9.62. The van der Waals surface area contributed by atoms with Crippen LogP contribution < -0.4 is 5.73 Å². The van der Waals surface area contributed by atoms with Crippen LogP contribution in [0.1, 0.15) is 45.4 Å². The summed E-state index contributed by atoms with van der Waals surface area (Å²) in [5, 5.41) is 12.1. The van der Waals surface area contributed by atoms with Gasteiger partial charge in [0.2, 0.25) is 0 Å². The van der Waals surface area contributed by atoms with E-state index < -0.39 is 0 Å². The number of nitrogens with two attached hydrogens (primary N) is 1. The predicted molar refractivity (Wildman–Crippen MR) is 61.7 cm³/mol. The zero-order valence-corrected chi connectivity index (χ0v) is 10.4. The van der Waals surface area contributed by atoms with Crippen molar-refractivity contribution in [1.29, 1.82) is 0 Å². The molecule has 2 rings (SSSR count). The second-order valence-electron chi connectivity index (χ2n) is 5.62.